The minimum atomic E-state index is -3.69. The molecule has 0 aliphatic heterocycles. The number of rotatable bonds is 5. The molecule has 0 aromatic heterocycles. The van der Waals surface area contributed by atoms with Crippen molar-refractivity contribution in [3.05, 3.63) is 29.8 Å². The second-order valence-electron chi connectivity index (χ2n) is 4.46. The van der Waals surface area contributed by atoms with Gasteiger partial charge in [-0.1, -0.05) is 24.6 Å². The van der Waals surface area contributed by atoms with E-state index >= 15 is 0 Å². The van der Waals surface area contributed by atoms with E-state index in [1.165, 1.54) is 12.1 Å². The van der Waals surface area contributed by atoms with Crippen LogP contribution in [0.2, 0.25) is 0 Å². The van der Waals surface area contributed by atoms with E-state index < -0.39 is 15.8 Å². The lowest BCUT2D eigenvalue weighted by molar-refractivity contribution is -0.150. The number of aliphatic hydroxyl groups is 2. The monoisotopic (exact) mass is 273 g/mol. The van der Waals surface area contributed by atoms with Crippen molar-refractivity contribution in [1.82, 2.24) is 4.31 Å². The topological polar surface area (TPSA) is 77.8 Å². The molecular weight excluding hydrogens is 254 g/mol. The van der Waals surface area contributed by atoms with Crippen LogP contribution in [0.4, 0.5) is 0 Å². The standard InChI is InChI=1S/C12H19NO4S/c1-4-13(9-12(3,14)15)18(16,17)11-7-5-10(2)6-8-11/h5-8,14-15H,4,9H2,1-3H3. The van der Waals surface area contributed by atoms with Gasteiger partial charge >= 0.3 is 0 Å². The van der Waals surface area contributed by atoms with Gasteiger partial charge in [0.05, 0.1) is 11.4 Å². The average Bonchev–Trinajstić information content (AvgIpc) is 2.25. The Labute approximate surface area is 108 Å². The first-order chi connectivity index (χ1) is 8.16. The van der Waals surface area contributed by atoms with Gasteiger partial charge in [0.2, 0.25) is 10.0 Å². The zero-order valence-corrected chi connectivity index (χ0v) is 11.6. The summed E-state index contributed by atoms with van der Waals surface area (Å²) in [4.78, 5) is 0.152. The van der Waals surface area contributed by atoms with Gasteiger partial charge in [0.15, 0.2) is 5.79 Å². The maximum atomic E-state index is 12.3. The second kappa shape index (κ2) is 5.36. The van der Waals surface area contributed by atoms with Gasteiger partial charge in [-0.15, -0.1) is 0 Å². The predicted octanol–water partition coefficient (Wildman–Crippen LogP) is 0.706. The fourth-order valence-corrected chi connectivity index (χ4v) is 3.09. The number of hydrogen-bond acceptors (Lipinski definition) is 4. The van der Waals surface area contributed by atoms with Gasteiger partial charge in [0.1, 0.15) is 0 Å². The molecule has 6 heteroatoms. The van der Waals surface area contributed by atoms with Crippen molar-refractivity contribution >= 4 is 10.0 Å². The van der Waals surface area contributed by atoms with Crippen molar-refractivity contribution in [3.8, 4) is 0 Å². The normalized spacial score (nSPS) is 13.0. The van der Waals surface area contributed by atoms with E-state index in [2.05, 4.69) is 0 Å². The van der Waals surface area contributed by atoms with Crippen LogP contribution >= 0.6 is 0 Å². The highest BCUT2D eigenvalue weighted by atomic mass is 32.2. The molecule has 1 aromatic rings. The summed E-state index contributed by atoms with van der Waals surface area (Å²) in [5.41, 5.74) is 0.964. The maximum absolute atomic E-state index is 12.3. The first kappa shape index (κ1) is 15.1. The van der Waals surface area contributed by atoms with Crippen LogP contribution in [-0.2, 0) is 10.0 Å². The van der Waals surface area contributed by atoms with Crippen LogP contribution in [0.1, 0.15) is 19.4 Å². The Morgan fingerprint density at radius 3 is 2.11 bits per heavy atom. The van der Waals surface area contributed by atoms with Gasteiger partial charge < -0.3 is 10.2 Å². The van der Waals surface area contributed by atoms with Crippen LogP contribution in [0.5, 0.6) is 0 Å². The molecule has 0 heterocycles. The van der Waals surface area contributed by atoms with Crippen molar-refractivity contribution in [2.45, 2.75) is 31.5 Å². The summed E-state index contributed by atoms with van der Waals surface area (Å²) in [7, 11) is -3.69. The van der Waals surface area contributed by atoms with Crippen LogP contribution in [0.25, 0.3) is 0 Å². The molecule has 0 aliphatic carbocycles. The molecule has 0 amide bonds. The molecule has 2 N–H and O–H groups in total. The van der Waals surface area contributed by atoms with Gasteiger partial charge in [0.25, 0.3) is 0 Å². The van der Waals surface area contributed by atoms with Crippen molar-refractivity contribution in [3.63, 3.8) is 0 Å². The van der Waals surface area contributed by atoms with E-state index in [0.717, 1.165) is 16.8 Å². The Morgan fingerprint density at radius 2 is 1.72 bits per heavy atom. The molecule has 0 saturated carbocycles. The largest absolute Gasteiger partial charge is 0.365 e. The van der Waals surface area contributed by atoms with Crippen molar-refractivity contribution in [2.75, 3.05) is 13.1 Å². The quantitative estimate of drug-likeness (QED) is 0.774. The zero-order valence-electron chi connectivity index (χ0n) is 10.8. The average molecular weight is 273 g/mol. The molecule has 1 aromatic carbocycles. The SMILES string of the molecule is CCN(CC(C)(O)O)S(=O)(=O)c1ccc(C)cc1. The Hall–Kier alpha value is -0.950. The van der Waals surface area contributed by atoms with Crippen LogP contribution < -0.4 is 0 Å². The van der Waals surface area contributed by atoms with Crippen LogP contribution in [0.3, 0.4) is 0 Å². The summed E-state index contributed by atoms with van der Waals surface area (Å²) in [6, 6.07) is 6.44. The summed E-state index contributed by atoms with van der Waals surface area (Å²) in [6.45, 7) is 4.48. The number of aryl methyl sites for hydroxylation is 1. The first-order valence-electron chi connectivity index (χ1n) is 5.68. The van der Waals surface area contributed by atoms with Crippen molar-refractivity contribution < 1.29 is 18.6 Å². The molecule has 0 bridgehead atoms. The Kier molecular flexibility index (Phi) is 4.50. The Bertz CT molecular complexity index is 488. The third-order valence-electron chi connectivity index (χ3n) is 2.49. The third kappa shape index (κ3) is 3.78. The number of hydrogen-bond donors (Lipinski definition) is 2. The fraction of sp³-hybridized carbons (Fsp3) is 0.500. The Balaban J connectivity index is 3.07. The maximum Gasteiger partial charge on any atom is 0.243 e. The molecule has 1 rings (SSSR count). The number of benzene rings is 1. The second-order valence-corrected chi connectivity index (χ2v) is 6.40. The van der Waals surface area contributed by atoms with Gasteiger partial charge in [-0.05, 0) is 26.0 Å². The van der Waals surface area contributed by atoms with Crippen molar-refractivity contribution in [2.24, 2.45) is 0 Å². The Morgan fingerprint density at radius 1 is 1.22 bits per heavy atom. The molecule has 0 spiro atoms. The summed E-state index contributed by atoms with van der Waals surface area (Å²) < 4.78 is 25.6. The zero-order chi connectivity index (χ0) is 14.0. The molecule has 5 nitrogen and oxygen atoms in total. The van der Waals surface area contributed by atoms with Crippen LogP contribution in [-0.4, -0.2) is 41.8 Å². The predicted molar refractivity (Wildman–Crippen MR) is 68.5 cm³/mol. The minimum Gasteiger partial charge on any atom is -0.365 e. The number of likely N-dealkylation sites (N-methyl/N-ethyl adjacent to an activating group) is 1. The first-order valence-corrected chi connectivity index (χ1v) is 7.12. The summed E-state index contributed by atoms with van der Waals surface area (Å²) in [5, 5.41) is 18.6. The molecule has 0 saturated heterocycles. The van der Waals surface area contributed by atoms with E-state index in [1.54, 1.807) is 19.1 Å². The van der Waals surface area contributed by atoms with E-state index in [4.69, 9.17) is 0 Å². The van der Waals surface area contributed by atoms with Gasteiger partial charge in [0, 0.05) is 6.54 Å². The highest BCUT2D eigenvalue weighted by Gasteiger charge is 2.29. The van der Waals surface area contributed by atoms with E-state index in [9.17, 15) is 18.6 Å². The molecule has 18 heavy (non-hydrogen) atoms. The fourth-order valence-electron chi connectivity index (χ4n) is 1.56. The summed E-state index contributed by atoms with van der Waals surface area (Å²) >= 11 is 0. The van der Waals surface area contributed by atoms with E-state index in [1.807, 2.05) is 6.92 Å². The smallest absolute Gasteiger partial charge is 0.243 e. The highest BCUT2D eigenvalue weighted by Crippen LogP contribution is 2.17. The third-order valence-corrected chi connectivity index (χ3v) is 4.42. The highest BCUT2D eigenvalue weighted by molar-refractivity contribution is 7.89. The van der Waals surface area contributed by atoms with E-state index in [0.29, 0.717) is 0 Å². The molecule has 0 unspecified atom stereocenters. The van der Waals surface area contributed by atoms with Crippen LogP contribution in [0, 0.1) is 6.92 Å². The minimum absolute atomic E-state index is 0.152. The molecule has 0 radical (unpaired) electrons. The van der Waals surface area contributed by atoms with Crippen LogP contribution in [0.15, 0.2) is 29.2 Å². The molecule has 102 valence electrons. The molecule has 0 aliphatic rings. The number of sulfonamides is 1. The number of nitrogens with zero attached hydrogens (tertiary/aromatic N) is 1. The summed E-state index contributed by atoms with van der Waals surface area (Å²) in [5.74, 6) is -2.05. The molecular formula is C12H19NO4S. The molecule has 0 fully saturated rings. The summed E-state index contributed by atoms with van der Waals surface area (Å²) in [6.07, 6.45) is 0. The van der Waals surface area contributed by atoms with Gasteiger partial charge in [-0.3, -0.25) is 0 Å². The lowest BCUT2D eigenvalue weighted by Crippen LogP contribution is -2.43. The molecule has 0 atom stereocenters. The van der Waals surface area contributed by atoms with Gasteiger partial charge in [-0.25, -0.2) is 8.42 Å². The van der Waals surface area contributed by atoms with E-state index in [-0.39, 0.29) is 18.0 Å². The van der Waals surface area contributed by atoms with Gasteiger partial charge in [-0.2, -0.15) is 4.31 Å². The van der Waals surface area contributed by atoms with Crippen molar-refractivity contribution in [1.29, 1.82) is 0 Å². The lowest BCUT2D eigenvalue weighted by atomic mass is 10.2. The lowest BCUT2D eigenvalue weighted by Gasteiger charge is -2.26.